The molecule has 3 heterocycles. The quantitative estimate of drug-likeness (QED) is 0.583. The zero-order valence-corrected chi connectivity index (χ0v) is 17.8. The molecule has 1 aliphatic heterocycles. The van der Waals surface area contributed by atoms with Crippen LogP contribution in [0.15, 0.2) is 58.4 Å². The first kappa shape index (κ1) is 20.1. The van der Waals surface area contributed by atoms with Crippen molar-refractivity contribution >= 4 is 23.0 Å². The number of hydrogen-bond donors (Lipinski definition) is 1. The van der Waals surface area contributed by atoms with Gasteiger partial charge in [-0.1, -0.05) is 31.2 Å². The number of hydrogen-bond acceptors (Lipinski definition) is 6. The Morgan fingerprint density at radius 2 is 1.97 bits per heavy atom. The molecule has 2 aromatic heterocycles. The lowest BCUT2D eigenvalue weighted by Crippen LogP contribution is -2.30. The Hall–Kier alpha value is -3.19. The summed E-state index contributed by atoms with van der Waals surface area (Å²) in [7, 11) is 0. The van der Waals surface area contributed by atoms with E-state index in [0.29, 0.717) is 16.3 Å². The first-order valence-corrected chi connectivity index (χ1v) is 10.6. The van der Waals surface area contributed by atoms with E-state index in [2.05, 4.69) is 11.9 Å². The molecule has 0 radical (unpaired) electrons. The van der Waals surface area contributed by atoms with E-state index >= 15 is 0 Å². The van der Waals surface area contributed by atoms with Crippen LogP contribution in [-0.2, 0) is 17.8 Å². The molecule has 1 aliphatic rings. The number of thiazole rings is 1. The third-order valence-electron chi connectivity index (χ3n) is 5.27. The molecule has 1 amide bonds. The normalized spacial score (nSPS) is 16.6. The number of nitrogens with zero attached hydrogens (tertiary/aromatic N) is 2. The average molecular weight is 423 g/mol. The fraction of sp³-hybridized carbons (Fsp3) is 0.261. The molecule has 1 N–H and O–H groups in total. The number of carbonyl (C=O) groups excluding carboxylic acids is 2. The second kappa shape index (κ2) is 7.91. The first-order valence-electron chi connectivity index (χ1n) is 9.74. The van der Waals surface area contributed by atoms with Crippen molar-refractivity contribution in [3.63, 3.8) is 0 Å². The fourth-order valence-corrected chi connectivity index (χ4v) is 4.64. The molecule has 0 saturated carbocycles. The van der Waals surface area contributed by atoms with Gasteiger partial charge < -0.3 is 14.4 Å². The summed E-state index contributed by atoms with van der Waals surface area (Å²) in [6, 6.07) is 10.6. The van der Waals surface area contributed by atoms with Gasteiger partial charge in [0.1, 0.15) is 5.76 Å². The van der Waals surface area contributed by atoms with Gasteiger partial charge in [0.25, 0.3) is 5.91 Å². The minimum absolute atomic E-state index is 0.0857. The standard InChI is InChI=1S/C23H22N2O4S/c1-4-15-7-9-16(10-8-15)19-18(20(26)22-13(2)24-14(3)30-22)21(27)23(28)25(19)12-17-6-5-11-29-17/h5-11,19,27H,4,12H2,1-3H3. The first-order chi connectivity index (χ1) is 14.4. The maximum absolute atomic E-state index is 13.4. The molecule has 0 saturated heterocycles. The molecule has 3 aromatic rings. The molecular formula is C23H22N2O4S. The summed E-state index contributed by atoms with van der Waals surface area (Å²) in [4.78, 5) is 32.7. The van der Waals surface area contributed by atoms with Crippen molar-refractivity contribution < 1.29 is 19.1 Å². The second-order valence-corrected chi connectivity index (χ2v) is 8.45. The van der Waals surface area contributed by atoms with Crippen LogP contribution < -0.4 is 0 Å². The summed E-state index contributed by atoms with van der Waals surface area (Å²) < 4.78 is 5.42. The molecule has 1 aromatic carbocycles. The molecule has 0 aliphatic carbocycles. The van der Waals surface area contributed by atoms with E-state index in [0.717, 1.165) is 22.6 Å². The molecule has 1 unspecified atom stereocenters. The molecule has 30 heavy (non-hydrogen) atoms. The Morgan fingerprint density at radius 1 is 1.23 bits per heavy atom. The van der Waals surface area contributed by atoms with Crippen LogP contribution in [0.1, 0.15) is 50.2 Å². The monoisotopic (exact) mass is 422 g/mol. The summed E-state index contributed by atoms with van der Waals surface area (Å²) in [5.74, 6) is -0.889. The van der Waals surface area contributed by atoms with Gasteiger partial charge in [-0.15, -0.1) is 11.3 Å². The van der Waals surface area contributed by atoms with Crippen molar-refractivity contribution in [2.45, 2.75) is 39.8 Å². The highest BCUT2D eigenvalue weighted by atomic mass is 32.1. The van der Waals surface area contributed by atoms with Crippen LogP contribution in [0, 0.1) is 13.8 Å². The number of ketones is 1. The van der Waals surface area contributed by atoms with Crippen molar-refractivity contribution in [1.82, 2.24) is 9.88 Å². The molecule has 0 bridgehead atoms. The zero-order valence-electron chi connectivity index (χ0n) is 17.0. The van der Waals surface area contributed by atoms with Gasteiger partial charge in [0.05, 0.1) is 40.0 Å². The molecule has 0 fully saturated rings. The van der Waals surface area contributed by atoms with E-state index in [1.54, 1.807) is 19.1 Å². The van der Waals surface area contributed by atoms with Crippen LogP contribution in [0.5, 0.6) is 0 Å². The lowest BCUT2D eigenvalue weighted by Gasteiger charge is -2.26. The van der Waals surface area contributed by atoms with Crippen molar-refractivity contribution in [2.24, 2.45) is 0 Å². The number of rotatable bonds is 6. The predicted octanol–water partition coefficient (Wildman–Crippen LogP) is 4.69. The SMILES string of the molecule is CCc1ccc(C2C(C(=O)c3sc(C)nc3C)=C(O)C(=O)N2Cc2ccco2)cc1. The third kappa shape index (κ3) is 3.45. The maximum atomic E-state index is 13.4. The molecule has 7 heteroatoms. The van der Waals surface area contributed by atoms with Gasteiger partial charge in [0.15, 0.2) is 5.76 Å². The smallest absolute Gasteiger partial charge is 0.290 e. The number of amides is 1. The topological polar surface area (TPSA) is 83.6 Å². The Kier molecular flexibility index (Phi) is 5.30. The summed E-state index contributed by atoms with van der Waals surface area (Å²) in [5, 5.41) is 11.5. The number of aliphatic hydroxyl groups excluding tert-OH is 1. The van der Waals surface area contributed by atoms with Crippen LogP contribution in [0.25, 0.3) is 0 Å². The van der Waals surface area contributed by atoms with E-state index in [1.165, 1.54) is 22.5 Å². The van der Waals surface area contributed by atoms with Crippen LogP contribution in [-0.4, -0.2) is 26.7 Å². The number of aliphatic hydroxyl groups is 1. The van der Waals surface area contributed by atoms with E-state index in [-0.39, 0.29) is 17.9 Å². The molecule has 1 atom stereocenters. The van der Waals surface area contributed by atoms with Crippen molar-refractivity contribution in [3.05, 3.63) is 86.5 Å². The van der Waals surface area contributed by atoms with Crippen molar-refractivity contribution in [1.29, 1.82) is 0 Å². The van der Waals surface area contributed by atoms with Gasteiger partial charge in [0, 0.05) is 0 Å². The highest BCUT2D eigenvalue weighted by molar-refractivity contribution is 7.14. The van der Waals surface area contributed by atoms with Crippen LogP contribution in [0.4, 0.5) is 0 Å². The van der Waals surface area contributed by atoms with Gasteiger partial charge in [-0.05, 0) is 43.5 Å². The van der Waals surface area contributed by atoms with E-state index in [1.807, 2.05) is 31.2 Å². The van der Waals surface area contributed by atoms with E-state index in [9.17, 15) is 14.7 Å². The Labute approximate surface area is 178 Å². The van der Waals surface area contributed by atoms with Gasteiger partial charge in [-0.2, -0.15) is 0 Å². The van der Waals surface area contributed by atoms with Gasteiger partial charge in [-0.25, -0.2) is 4.98 Å². The van der Waals surface area contributed by atoms with Crippen LogP contribution >= 0.6 is 11.3 Å². The lowest BCUT2D eigenvalue weighted by atomic mass is 9.94. The molecular weight excluding hydrogens is 400 g/mol. The van der Waals surface area contributed by atoms with Gasteiger partial charge in [-0.3, -0.25) is 9.59 Å². The second-order valence-electron chi connectivity index (χ2n) is 7.25. The summed E-state index contributed by atoms with van der Waals surface area (Å²) in [5.41, 5.74) is 2.59. The molecule has 6 nitrogen and oxygen atoms in total. The average Bonchev–Trinajstić information content (AvgIpc) is 3.43. The van der Waals surface area contributed by atoms with Crippen LogP contribution in [0.3, 0.4) is 0 Å². The maximum Gasteiger partial charge on any atom is 0.290 e. The zero-order chi connectivity index (χ0) is 21.4. The highest BCUT2D eigenvalue weighted by Gasteiger charge is 2.44. The third-order valence-corrected chi connectivity index (χ3v) is 6.34. The Morgan fingerprint density at radius 3 is 2.53 bits per heavy atom. The number of Topliss-reactive ketones (excluding diaryl/α,β-unsaturated/α-hetero) is 1. The van der Waals surface area contributed by atoms with E-state index < -0.39 is 17.7 Å². The van der Waals surface area contributed by atoms with E-state index in [4.69, 9.17) is 4.42 Å². The van der Waals surface area contributed by atoms with Gasteiger partial charge >= 0.3 is 0 Å². The summed E-state index contributed by atoms with van der Waals surface area (Å²) >= 11 is 1.27. The summed E-state index contributed by atoms with van der Waals surface area (Å²) in [6.45, 7) is 5.80. The van der Waals surface area contributed by atoms with Crippen molar-refractivity contribution in [3.8, 4) is 0 Å². The van der Waals surface area contributed by atoms with Crippen LogP contribution in [0.2, 0.25) is 0 Å². The lowest BCUT2D eigenvalue weighted by molar-refractivity contribution is -0.130. The number of furan rings is 1. The minimum atomic E-state index is -0.706. The van der Waals surface area contributed by atoms with Crippen molar-refractivity contribution in [2.75, 3.05) is 0 Å². The Bertz CT molecular complexity index is 1130. The molecule has 0 spiro atoms. The fourth-order valence-electron chi connectivity index (χ4n) is 3.77. The predicted molar refractivity (Wildman–Crippen MR) is 113 cm³/mol. The number of carbonyl (C=O) groups is 2. The molecule has 4 rings (SSSR count). The number of aryl methyl sites for hydroxylation is 3. The largest absolute Gasteiger partial charge is 0.503 e. The molecule has 154 valence electrons. The number of benzene rings is 1. The minimum Gasteiger partial charge on any atom is -0.503 e. The summed E-state index contributed by atoms with van der Waals surface area (Å²) in [6.07, 6.45) is 2.41. The number of aromatic nitrogens is 1. The Balaban J connectivity index is 1.81. The highest BCUT2D eigenvalue weighted by Crippen LogP contribution is 2.41. The van der Waals surface area contributed by atoms with Gasteiger partial charge in [0.2, 0.25) is 5.78 Å².